The van der Waals surface area contributed by atoms with Crippen LogP contribution >= 0.6 is 0 Å². The first-order valence-electron chi connectivity index (χ1n) is 11.9. The topological polar surface area (TPSA) is 83.5 Å². The fourth-order valence-corrected chi connectivity index (χ4v) is 5.50. The molecule has 0 radical (unpaired) electrons. The molecule has 0 bridgehead atoms. The van der Waals surface area contributed by atoms with Crippen molar-refractivity contribution in [2.24, 2.45) is 5.41 Å². The minimum Gasteiger partial charge on any atom is -0.462 e. The summed E-state index contributed by atoms with van der Waals surface area (Å²) in [6.45, 7) is 26.9. The van der Waals surface area contributed by atoms with Gasteiger partial charge in [0, 0.05) is 7.11 Å². The first kappa shape index (κ1) is 30.7. The van der Waals surface area contributed by atoms with Gasteiger partial charge in [0.2, 0.25) is 0 Å². The minimum atomic E-state index is -2.26. The summed E-state index contributed by atoms with van der Waals surface area (Å²) in [5, 5.41) is 11.0. The second kappa shape index (κ2) is 10.4. The van der Waals surface area contributed by atoms with E-state index in [1.54, 1.807) is 27.9 Å². The van der Waals surface area contributed by atoms with Gasteiger partial charge >= 0.3 is 5.97 Å². The Kier molecular flexibility index (Phi) is 9.65. The summed E-state index contributed by atoms with van der Waals surface area (Å²) in [6, 6.07) is 0. The molecule has 0 amide bonds. The van der Waals surface area contributed by atoms with E-state index in [9.17, 15) is 9.90 Å². The SMILES string of the molecule is CO[C@@H]1O[C@@H]([C@H](O)COC(=O)C(C)(C)C)[C@H](O[Si](C)(C)C(C)(C)C)[C@H]1O[Si](C)(C)C(C)(C)C. The van der Waals surface area contributed by atoms with Crippen LogP contribution in [-0.2, 0) is 27.9 Å². The quantitative estimate of drug-likeness (QED) is 0.363. The van der Waals surface area contributed by atoms with Gasteiger partial charge in [-0.15, -0.1) is 0 Å². The number of aliphatic hydroxyl groups is 1. The predicted octanol–water partition coefficient (Wildman–Crippen LogP) is 5.09. The summed E-state index contributed by atoms with van der Waals surface area (Å²) in [6.07, 6.45) is -3.55. The molecule has 0 aromatic heterocycles. The van der Waals surface area contributed by atoms with Crippen molar-refractivity contribution in [2.75, 3.05) is 13.7 Å². The van der Waals surface area contributed by atoms with Gasteiger partial charge in [0.1, 0.15) is 31.0 Å². The lowest BCUT2D eigenvalue weighted by Gasteiger charge is -2.44. The zero-order chi connectivity index (χ0) is 26.2. The Labute approximate surface area is 204 Å². The molecule has 0 unspecified atom stereocenters. The Morgan fingerprint density at radius 3 is 1.67 bits per heavy atom. The van der Waals surface area contributed by atoms with Crippen LogP contribution in [0.5, 0.6) is 0 Å². The Bertz CT molecular complexity index is 659. The maximum atomic E-state index is 12.3. The van der Waals surface area contributed by atoms with E-state index in [-0.39, 0.29) is 22.7 Å². The monoisotopic (exact) mass is 506 g/mol. The van der Waals surface area contributed by atoms with Crippen LogP contribution in [0.3, 0.4) is 0 Å². The highest BCUT2D eigenvalue weighted by atomic mass is 28.4. The van der Waals surface area contributed by atoms with Crippen molar-refractivity contribution in [2.45, 2.75) is 129 Å². The van der Waals surface area contributed by atoms with Crippen LogP contribution in [0, 0.1) is 5.41 Å². The number of aliphatic hydroxyl groups excluding tert-OH is 1. The number of rotatable bonds is 8. The van der Waals surface area contributed by atoms with E-state index in [0.717, 1.165) is 0 Å². The van der Waals surface area contributed by atoms with Gasteiger partial charge in [0.15, 0.2) is 22.9 Å². The molecule has 5 atom stereocenters. The van der Waals surface area contributed by atoms with Gasteiger partial charge < -0.3 is 28.2 Å². The maximum Gasteiger partial charge on any atom is 0.311 e. The van der Waals surface area contributed by atoms with Crippen LogP contribution in [0.1, 0.15) is 62.3 Å². The zero-order valence-corrected chi connectivity index (χ0v) is 25.5. The van der Waals surface area contributed by atoms with Crippen LogP contribution in [0.15, 0.2) is 0 Å². The van der Waals surface area contributed by atoms with E-state index >= 15 is 0 Å². The molecule has 0 aliphatic carbocycles. The van der Waals surface area contributed by atoms with E-state index in [0.29, 0.717) is 0 Å². The fraction of sp³-hybridized carbons (Fsp3) is 0.958. The molecule has 9 heteroatoms. The normalized spacial score (nSPS) is 26.4. The van der Waals surface area contributed by atoms with E-state index < -0.39 is 52.8 Å². The summed E-state index contributed by atoms with van der Waals surface area (Å²) in [4.78, 5) is 12.3. The van der Waals surface area contributed by atoms with Crippen molar-refractivity contribution >= 4 is 22.6 Å². The van der Waals surface area contributed by atoms with Crippen molar-refractivity contribution in [3.8, 4) is 0 Å². The summed E-state index contributed by atoms with van der Waals surface area (Å²) < 4.78 is 30.8. The first-order chi connectivity index (χ1) is 14.5. The number of hydrogen-bond acceptors (Lipinski definition) is 7. The van der Waals surface area contributed by atoms with Gasteiger partial charge in [-0.3, -0.25) is 4.79 Å². The Morgan fingerprint density at radius 1 is 0.879 bits per heavy atom. The van der Waals surface area contributed by atoms with E-state index in [2.05, 4.69) is 67.7 Å². The molecule has 0 saturated carbocycles. The standard InChI is InChI=1S/C24H50O7Si2/c1-22(2,3)21(26)28-15-16(25)17-18(30-32(11,12)23(4,5)6)19(20(27-10)29-17)31-33(13,14)24(7,8)9/h16-20,25H,15H2,1-14H3/t16-,17+,18+,19-,20-/m1/s1. The van der Waals surface area contributed by atoms with E-state index in [1.165, 1.54) is 0 Å². The van der Waals surface area contributed by atoms with Crippen molar-refractivity contribution in [1.82, 2.24) is 0 Å². The second-order valence-electron chi connectivity index (χ2n) is 13.3. The number of carbonyl (C=O) groups excluding carboxylic acids is 1. The van der Waals surface area contributed by atoms with Gasteiger partial charge in [0.25, 0.3) is 0 Å². The molecule has 196 valence electrons. The molecule has 1 aliphatic rings. The molecule has 1 aliphatic heterocycles. The third-order valence-corrected chi connectivity index (χ3v) is 16.2. The largest absolute Gasteiger partial charge is 0.462 e. The number of carbonyl (C=O) groups is 1. The highest BCUT2D eigenvalue weighted by Gasteiger charge is 2.55. The first-order valence-corrected chi connectivity index (χ1v) is 17.8. The van der Waals surface area contributed by atoms with Crippen molar-refractivity contribution < 1.29 is 33.0 Å². The molecule has 0 spiro atoms. The van der Waals surface area contributed by atoms with Crippen molar-refractivity contribution in [3.05, 3.63) is 0 Å². The lowest BCUT2D eigenvalue weighted by molar-refractivity contribution is -0.174. The Morgan fingerprint density at radius 2 is 1.30 bits per heavy atom. The fourth-order valence-electron chi connectivity index (χ4n) is 2.91. The zero-order valence-electron chi connectivity index (χ0n) is 23.5. The number of methoxy groups -OCH3 is 1. The average Bonchev–Trinajstić information content (AvgIpc) is 2.93. The van der Waals surface area contributed by atoms with Crippen LogP contribution in [-0.4, -0.2) is 72.1 Å². The molecule has 1 rings (SSSR count). The Balaban J connectivity index is 3.29. The molecule has 1 fully saturated rings. The smallest absolute Gasteiger partial charge is 0.311 e. The number of ether oxygens (including phenoxy) is 3. The minimum absolute atomic E-state index is 0.0221. The Hall–Kier alpha value is -0.296. The van der Waals surface area contributed by atoms with E-state index in [4.69, 9.17) is 23.1 Å². The molecule has 33 heavy (non-hydrogen) atoms. The van der Waals surface area contributed by atoms with Crippen LogP contribution < -0.4 is 0 Å². The lowest BCUT2D eigenvalue weighted by Crippen LogP contribution is -2.55. The van der Waals surface area contributed by atoms with Gasteiger partial charge in [-0.2, -0.15) is 0 Å². The van der Waals surface area contributed by atoms with Gasteiger partial charge in [-0.1, -0.05) is 41.5 Å². The maximum absolute atomic E-state index is 12.3. The lowest BCUT2D eigenvalue weighted by atomic mass is 9.97. The third kappa shape index (κ3) is 7.59. The molecule has 7 nitrogen and oxygen atoms in total. The molecule has 1 saturated heterocycles. The van der Waals surface area contributed by atoms with Gasteiger partial charge in [0.05, 0.1) is 5.41 Å². The number of esters is 1. The third-order valence-electron chi connectivity index (χ3n) is 7.29. The molecular weight excluding hydrogens is 456 g/mol. The van der Waals surface area contributed by atoms with E-state index in [1.807, 2.05) is 0 Å². The van der Waals surface area contributed by atoms with Crippen LogP contribution in [0.4, 0.5) is 0 Å². The van der Waals surface area contributed by atoms with Gasteiger partial charge in [-0.05, 0) is 57.0 Å². The summed E-state index contributed by atoms with van der Waals surface area (Å²) in [7, 11) is -2.89. The molecule has 1 heterocycles. The molecule has 1 N–H and O–H groups in total. The average molecular weight is 507 g/mol. The summed E-state index contributed by atoms with van der Waals surface area (Å²) >= 11 is 0. The van der Waals surface area contributed by atoms with Crippen molar-refractivity contribution in [1.29, 1.82) is 0 Å². The highest BCUT2D eigenvalue weighted by Crippen LogP contribution is 2.44. The molecule has 0 aromatic carbocycles. The second-order valence-corrected chi connectivity index (χ2v) is 22.8. The summed E-state index contributed by atoms with van der Waals surface area (Å²) in [5.41, 5.74) is -0.656. The predicted molar refractivity (Wildman–Crippen MR) is 136 cm³/mol. The molecule has 0 aromatic rings. The highest BCUT2D eigenvalue weighted by molar-refractivity contribution is 6.74. The number of hydrogen-bond donors (Lipinski definition) is 1. The summed E-state index contributed by atoms with van der Waals surface area (Å²) in [5.74, 6) is -0.376. The van der Waals surface area contributed by atoms with Crippen LogP contribution in [0.2, 0.25) is 36.3 Å². The van der Waals surface area contributed by atoms with Crippen LogP contribution in [0.25, 0.3) is 0 Å². The molecular formula is C24H50O7Si2. The van der Waals surface area contributed by atoms with Crippen molar-refractivity contribution in [3.63, 3.8) is 0 Å². The van der Waals surface area contributed by atoms with Gasteiger partial charge in [-0.25, -0.2) is 0 Å².